The lowest BCUT2D eigenvalue weighted by molar-refractivity contribution is -0.106. The van der Waals surface area contributed by atoms with E-state index in [9.17, 15) is 35.5 Å². The first-order valence-corrected chi connectivity index (χ1v) is 15.2. The number of nitrogens with zero attached hydrogens (tertiary/aromatic N) is 1. The number of anilines is 1. The lowest BCUT2D eigenvalue weighted by atomic mass is 9.65. The van der Waals surface area contributed by atoms with Gasteiger partial charge in [-0.15, -0.1) is 0 Å². The summed E-state index contributed by atoms with van der Waals surface area (Å²) >= 11 is 0. The van der Waals surface area contributed by atoms with Crippen LogP contribution >= 0.6 is 0 Å². The van der Waals surface area contributed by atoms with Crippen LogP contribution in [0, 0.1) is 17.0 Å². The van der Waals surface area contributed by atoms with Crippen molar-refractivity contribution in [3.8, 4) is 5.69 Å². The first-order chi connectivity index (χ1) is 19.5. The molecule has 226 valence electrons. The molecule has 42 heavy (non-hydrogen) atoms. The Hall–Kier alpha value is -3.22. The highest BCUT2D eigenvalue weighted by molar-refractivity contribution is 7.89. The van der Waals surface area contributed by atoms with Crippen LogP contribution in [0.1, 0.15) is 61.5 Å². The molecule has 2 unspecified atom stereocenters. The number of sulfonamides is 1. The fourth-order valence-corrected chi connectivity index (χ4v) is 7.81. The molecule has 0 aliphatic heterocycles. The van der Waals surface area contributed by atoms with Gasteiger partial charge in [0.25, 0.3) is 0 Å². The first-order valence-electron chi connectivity index (χ1n) is 13.6. The number of rotatable bonds is 8. The SMILES string of the molecule is CC(NS(=O)(=O)CC(F)(F)F)c1c(F)cccc1CC[C@]1(O)CCC2=Cc3c(cc(N)n3-c3ccc(F)cc3)CC21C. The molecule has 1 aromatic heterocycles. The molecule has 4 N–H and O–H groups in total. The van der Waals surface area contributed by atoms with E-state index in [0.29, 0.717) is 36.3 Å². The van der Waals surface area contributed by atoms with Gasteiger partial charge in [0, 0.05) is 22.7 Å². The summed E-state index contributed by atoms with van der Waals surface area (Å²) in [6.45, 7) is 3.27. The van der Waals surface area contributed by atoms with Gasteiger partial charge in [0.1, 0.15) is 17.5 Å². The van der Waals surface area contributed by atoms with Crippen molar-refractivity contribution < 1.29 is 35.5 Å². The smallest absolute Gasteiger partial charge is 0.389 e. The maximum atomic E-state index is 15.0. The van der Waals surface area contributed by atoms with Gasteiger partial charge < -0.3 is 10.8 Å². The first kappa shape index (κ1) is 30.2. The lowest BCUT2D eigenvalue weighted by Gasteiger charge is -2.43. The number of benzene rings is 2. The summed E-state index contributed by atoms with van der Waals surface area (Å²) in [6, 6.07) is 10.8. The summed E-state index contributed by atoms with van der Waals surface area (Å²) in [5.41, 5.74) is 8.34. The summed E-state index contributed by atoms with van der Waals surface area (Å²) in [5, 5.41) is 12.0. The van der Waals surface area contributed by atoms with Crippen molar-refractivity contribution in [2.75, 3.05) is 11.5 Å². The van der Waals surface area contributed by atoms with E-state index in [1.54, 1.807) is 18.2 Å². The second-order valence-corrected chi connectivity index (χ2v) is 13.3. The van der Waals surface area contributed by atoms with Crippen LogP contribution in [0.4, 0.5) is 27.8 Å². The van der Waals surface area contributed by atoms with Gasteiger partial charge in [-0.1, -0.05) is 24.6 Å². The van der Waals surface area contributed by atoms with Crippen LogP contribution in [0.3, 0.4) is 0 Å². The van der Waals surface area contributed by atoms with Gasteiger partial charge in [-0.3, -0.25) is 4.57 Å². The molecule has 2 aromatic carbocycles. The molecule has 2 aliphatic carbocycles. The van der Waals surface area contributed by atoms with Crippen LogP contribution in [0.2, 0.25) is 0 Å². The Morgan fingerprint density at radius 1 is 1.14 bits per heavy atom. The van der Waals surface area contributed by atoms with E-state index < -0.39 is 44.8 Å². The third-order valence-electron chi connectivity index (χ3n) is 8.73. The van der Waals surface area contributed by atoms with E-state index in [-0.39, 0.29) is 24.2 Å². The Balaban J connectivity index is 1.39. The van der Waals surface area contributed by atoms with Crippen molar-refractivity contribution >= 4 is 21.9 Å². The number of nitrogen functional groups attached to an aromatic ring is 1. The number of nitrogens with two attached hydrogens (primary N) is 1. The fourth-order valence-electron chi connectivity index (χ4n) is 6.64. The maximum absolute atomic E-state index is 15.0. The van der Waals surface area contributed by atoms with E-state index in [1.165, 1.54) is 25.1 Å². The standard InChI is InChI=1S/C30H32F5N3O3S/c1-18(37-42(40,41)17-30(33,34)35)27-19(4-3-5-24(27)32)10-12-29(39)13-11-21-15-25-20(16-28(21,29)2)14-26(36)38(25)23-8-6-22(31)7-9-23/h3-9,14-15,18,37,39H,10-13,16-17,36H2,1-2H3/t18?,28?,29-/m0/s1. The summed E-state index contributed by atoms with van der Waals surface area (Å²) in [7, 11) is -4.77. The van der Waals surface area contributed by atoms with E-state index >= 15 is 0 Å². The number of aromatic nitrogens is 1. The topological polar surface area (TPSA) is 97.3 Å². The fraction of sp³-hybridized carbons (Fsp3) is 0.400. The predicted molar refractivity (Wildman–Crippen MR) is 150 cm³/mol. The van der Waals surface area contributed by atoms with Crippen molar-refractivity contribution in [1.82, 2.24) is 9.29 Å². The highest BCUT2D eigenvalue weighted by atomic mass is 32.2. The van der Waals surface area contributed by atoms with Gasteiger partial charge in [-0.25, -0.2) is 21.9 Å². The Labute approximate surface area is 241 Å². The van der Waals surface area contributed by atoms with Gasteiger partial charge in [-0.2, -0.15) is 13.2 Å². The third-order valence-corrected chi connectivity index (χ3v) is 10.1. The van der Waals surface area contributed by atoms with Crippen molar-refractivity contribution in [2.45, 2.75) is 63.8 Å². The average Bonchev–Trinajstić information content (AvgIpc) is 3.31. The molecule has 0 spiro atoms. The molecule has 1 saturated carbocycles. The Morgan fingerprint density at radius 3 is 2.50 bits per heavy atom. The number of alkyl halides is 3. The summed E-state index contributed by atoms with van der Waals surface area (Å²) in [4.78, 5) is 0. The zero-order chi connectivity index (χ0) is 30.7. The molecule has 0 bridgehead atoms. The molecule has 1 fully saturated rings. The molecule has 12 heteroatoms. The largest absolute Gasteiger partial charge is 0.404 e. The zero-order valence-corrected chi connectivity index (χ0v) is 23.9. The summed E-state index contributed by atoms with van der Waals surface area (Å²) in [5.74, 6) is -2.71. The van der Waals surface area contributed by atoms with Crippen molar-refractivity contribution in [1.29, 1.82) is 0 Å². The number of halogens is 5. The molecule has 5 rings (SSSR count). The Kier molecular flexibility index (Phi) is 7.56. The van der Waals surface area contributed by atoms with Crippen molar-refractivity contribution in [3.63, 3.8) is 0 Å². The molecule has 6 nitrogen and oxygen atoms in total. The zero-order valence-electron chi connectivity index (χ0n) is 23.1. The van der Waals surface area contributed by atoms with Crippen molar-refractivity contribution in [3.05, 3.63) is 88.1 Å². The van der Waals surface area contributed by atoms with E-state index in [2.05, 4.69) is 0 Å². The van der Waals surface area contributed by atoms with Crippen LogP contribution in [-0.4, -0.2) is 35.6 Å². The van der Waals surface area contributed by atoms with E-state index in [4.69, 9.17) is 5.73 Å². The molecule has 0 amide bonds. The van der Waals surface area contributed by atoms with Crippen LogP contribution in [0.25, 0.3) is 11.8 Å². The van der Waals surface area contributed by atoms with Crippen molar-refractivity contribution in [2.24, 2.45) is 5.41 Å². The molecular weight excluding hydrogens is 577 g/mol. The van der Waals surface area contributed by atoms with Crippen LogP contribution in [0.15, 0.2) is 54.1 Å². The van der Waals surface area contributed by atoms with Gasteiger partial charge in [0.05, 0.1) is 11.3 Å². The molecule has 0 radical (unpaired) electrons. The van der Waals surface area contributed by atoms with Gasteiger partial charge in [0.2, 0.25) is 10.0 Å². The Morgan fingerprint density at radius 2 is 1.83 bits per heavy atom. The Bertz CT molecular complexity index is 1650. The number of hydrogen-bond donors (Lipinski definition) is 3. The molecule has 2 aliphatic rings. The van der Waals surface area contributed by atoms with Crippen LogP contribution < -0.4 is 10.5 Å². The summed E-state index contributed by atoms with van der Waals surface area (Å²) in [6.07, 6.45) is -1.03. The van der Waals surface area contributed by atoms with E-state index in [0.717, 1.165) is 22.9 Å². The number of aliphatic hydroxyl groups is 1. The highest BCUT2D eigenvalue weighted by Crippen LogP contribution is 2.57. The number of fused-ring (bicyclic) bond motifs is 2. The van der Waals surface area contributed by atoms with Crippen LogP contribution in [0.5, 0.6) is 0 Å². The second-order valence-electron chi connectivity index (χ2n) is 11.5. The molecule has 0 saturated heterocycles. The lowest BCUT2D eigenvalue weighted by Crippen LogP contribution is -2.45. The number of hydrogen-bond acceptors (Lipinski definition) is 4. The minimum atomic E-state index is -4.94. The molecule has 3 aromatic rings. The average molecular weight is 610 g/mol. The molecule has 3 atom stereocenters. The number of nitrogens with one attached hydrogen (secondary N) is 1. The summed E-state index contributed by atoms with van der Waals surface area (Å²) < 4.78 is 94.6. The minimum Gasteiger partial charge on any atom is -0.389 e. The predicted octanol–water partition coefficient (Wildman–Crippen LogP) is 5.98. The quantitative estimate of drug-likeness (QED) is 0.274. The second kappa shape index (κ2) is 10.5. The van der Waals surface area contributed by atoms with Gasteiger partial charge >= 0.3 is 6.18 Å². The minimum absolute atomic E-state index is 0.0548. The molecule has 1 heterocycles. The normalized spacial score (nSPS) is 22.9. The van der Waals surface area contributed by atoms with Gasteiger partial charge in [0.15, 0.2) is 5.75 Å². The highest BCUT2D eigenvalue weighted by Gasteiger charge is 2.54. The monoisotopic (exact) mass is 609 g/mol. The molecular formula is C30H32F5N3O3S. The van der Waals surface area contributed by atoms with Crippen LogP contribution in [-0.2, 0) is 22.9 Å². The maximum Gasteiger partial charge on any atom is 0.404 e. The van der Waals surface area contributed by atoms with Gasteiger partial charge in [-0.05, 0) is 92.6 Å². The third kappa shape index (κ3) is 5.59. The number of aryl methyl sites for hydroxylation is 1. The van der Waals surface area contributed by atoms with E-state index in [1.807, 2.05) is 28.4 Å².